The molecule has 24 heavy (non-hydrogen) atoms. The van der Waals surface area contributed by atoms with E-state index in [-0.39, 0.29) is 0 Å². The number of hydrogen-bond acceptors (Lipinski definition) is 5. The van der Waals surface area contributed by atoms with E-state index in [2.05, 4.69) is 29.2 Å². The number of rotatable bonds is 6. The van der Waals surface area contributed by atoms with Crippen molar-refractivity contribution in [3.63, 3.8) is 0 Å². The molecule has 0 radical (unpaired) electrons. The number of methoxy groups -OCH3 is 3. The third-order valence-electron chi connectivity index (χ3n) is 3.77. The van der Waals surface area contributed by atoms with Crippen LogP contribution in [0.2, 0.25) is 0 Å². The molecule has 0 saturated heterocycles. The maximum atomic E-state index is 5.41. The van der Waals surface area contributed by atoms with Gasteiger partial charge in [-0.1, -0.05) is 24.3 Å². The molecular formula is C19H19NO3S. The van der Waals surface area contributed by atoms with E-state index in [1.165, 1.54) is 5.56 Å². The van der Waals surface area contributed by atoms with Crippen LogP contribution in [0.25, 0.3) is 10.6 Å². The Bertz CT molecular complexity index is 773. The molecule has 0 N–H and O–H groups in total. The van der Waals surface area contributed by atoms with Crippen LogP contribution < -0.4 is 14.2 Å². The number of benzene rings is 2. The average Bonchev–Trinajstić information content (AvgIpc) is 3.16. The predicted octanol–water partition coefficient (Wildman–Crippen LogP) is 4.43. The molecule has 0 aliphatic heterocycles. The van der Waals surface area contributed by atoms with Gasteiger partial charge in [-0.2, -0.15) is 0 Å². The maximum Gasteiger partial charge on any atom is 0.203 e. The highest BCUT2D eigenvalue weighted by molar-refractivity contribution is 7.13. The Balaban J connectivity index is 1.85. The molecule has 1 aromatic heterocycles. The second-order valence-corrected chi connectivity index (χ2v) is 6.14. The molecule has 0 spiro atoms. The summed E-state index contributed by atoms with van der Waals surface area (Å²) >= 11 is 1.64. The van der Waals surface area contributed by atoms with Gasteiger partial charge in [0.1, 0.15) is 5.01 Å². The van der Waals surface area contributed by atoms with Crippen molar-refractivity contribution in [3.8, 4) is 27.8 Å². The lowest BCUT2D eigenvalue weighted by Gasteiger charge is -2.14. The van der Waals surface area contributed by atoms with Gasteiger partial charge < -0.3 is 14.2 Å². The third-order valence-corrected chi connectivity index (χ3v) is 4.59. The first-order chi connectivity index (χ1) is 11.7. The highest BCUT2D eigenvalue weighted by Crippen LogP contribution is 2.38. The van der Waals surface area contributed by atoms with E-state index in [1.54, 1.807) is 32.7 Å². The van der Waals surface area contributed by atoms with E-state index >= 15 is 0 Å². The SMILES string of the molecule is COc1cc(Cc2ccc(-c3nccs3)cc2)cc(OC)c1OC. The van der Waals surface area contributed by atoms with Crippen LogP contribution in [-0.2, 0) is 6.42 Å². The predicted molar refractivity (Wildman–Crippen MR) is 96.5 cm³/mol. The van der Waals surface area contributed by atoms with E-state index in [0.717, 1.165) is 22.6 Å². The molecule has 0 unspecified atom stereocenters. The summed E-state index contributed by atoms with van der Waals surface area (Å²) in [5.74, 6) is 1.96. The summed E-state index contributed by atoms with van der Waals surface area (Å²) in [6.45, 7) is 0. The van der Waals surface area contributed by atoms with E-state index in [9.17, 15) is 0 Å². The number of hydrogen-bond donors (Lipinski definition) is 0. The van der Waals surface area contributed by atoms with Crippen molar-refractivity contribution in [3.05, 3.63) is 59.1 Å². The van der Waals surface area contributed by atoms with Crippen molar-refractivity contribution in [1.29, 1.82) is 0 Å². The maximum absolute atomic E-state index is 5.41. The van der Waals surface area contributed by atoms with Crippen molar-refractivity contribution in [2.24, 2.45) is 0 Å². The van der Waals surface area contributed by atoms with E-state index in [0.29, 0.717) is 17.2 Å². The highest BCUT2D eigenvalue weighted by atomic mass is 32.1. The molecule has 1 heterocycles. The van der Waals surface area contributed by atoms with Crippen LogP contribution in [0.5, 0.6) is 17.2 Å². The summed E-state index contributed by atoms with van der Waals surface area (Å²) < 4.78 is 16.2. The van der Waals surface area contributed by atoms with Crippen LogP contribution in [0.4, 0.5) is 0 Å². The Labute approximate surface area is 145 Å². The van der Waals surface area contributed by atoms with Gasteiger partial charge in [-0.05, 0) is 29.7 Å². The van der Waals surface area contributed by atoms with Crippen LogP contribution >= 0.6 is 11.3 Å². The molecule has 0 aliphatic rings. The van der Waals surface area contributed by atoms with Gasteiger partial charge in [0.25, 0.3) is 0 Å². The molecule has 0 fully saturated rings. The fourth-order valence-electron chi connectivity index (χ4n) is 2.60. The first kappa shape index (κ1) is 16.3. The first-order valence-corrected chi connectivity index (χ1v) is 8.40. The normalized spacial score (nSPS) is 10.5. The second kappa shape index (κ2) is 7.36. The molecule has 5 heteroatoms. The van der Waals surface area contributed by atoms with Gasteiger partial charge in [-0.15, -0.1) is 11.3 Å². The lowest BCUT2D eigenvalue weighted by Crippen LogP contribution is -1.97. The van der Waals surface area contributed by atoms with E-state index in [1.807, 2.05) is 23.7 Å². The molecule has 2 aromatic carbocycles. The Hall–Kier alpha value is -2.53. The molecule has 124 valence electrons. The van der Waals surface area contributed by atoms with Crippen LogP contribution in [0.15, 0.2) is 48.0 Å². The van der Waals surface area contributed by atoms with Crippen molar-refractivity contribution in [2.75, 3.05) is 21.3 Å². The first-order valence-electron chi connectivity index (χ1n) is 7.53. The minimum Gasteiger partial charge on any atom is -0.493 e. The molecule has 0 amide bonds. The number of ether oxygens (including phenoxy) is 3. The monoisotopic (exact) mass is 341 g/mol. The number of nitrogens with zero attached hydrogens (tertiary/aromatic N) is 1. The summed E-state index contributed by atoms with van der Waals surface area (Å²) in [7, 11) is 4.87. The zero-order valence-electron chi connectivity index (χ0n) is 13.9. The smallest absolute Gasteiger partial charge is 0.203 e. The van der Waals surface area contributed by atoms with Crippen molar-refractivity contribution < 1.29 is 14.2 Å². The Morgan fingerprint density at radius 2 is 1.54 bits per heavy atom. The summed E-state index contributed by atoms with van der Waals surface area (Å²) in [6, 6.07) is 12.4. The zero-order valence-corrected chi connectivity index (χ0v) is 14.7. The van der Waals surface area contributed by atoms with Gasteiger partial charge in [0.15, 0.2) is 11.5 Å². The zero-order chi connectivity index (χ0) is 16.9. The van der Waals surface area contributed by atoms with Crippen molar-refractivity contribution in [2.45, 2.75) is 6.42 Å². The Kier molecular flexibility index (Phi) is 5.01. The second-order valence-electron chi connectivity index (χ2n) is 5.24. The van der Waals surface area contributed by atoms with Gasteiger partial charge in [-0.25, -0.2) is 4.98 Å². The number of thiazole rings is 1. The molecule has 3 rings (SSSR count). The third kappa shape index (κ3) is 3.36. The summed E-state index contributed by atoms with van der Waals surface area (Å²) in [5.41, 5.74) is 3.45. The minimum absolute atomic E-state index is 0.614. The average molecular weight is 341 g/mol. The summed E-state index contributed by atoms with van der Waals surface area (Å²) in [4.78, 5) is 4.34. The minimum atomic E-state index is 0.614. The highest BCUT2D eigenvalue weighted by Gasteiger charge is 2.13. The van der Waals surface area contributed by atoms with Gasteiger partial charge >= 0.3 is 0 Å². The van der Waals surface area contributed by atoms with Crippen LogP contribution in [0.3, 0.4) is 0 Å². The van der Waals surface area contributed by atoms with Crippen molar-refractivity contribution >= 4 is 11.3 Å². The van der Waals surface area contributed by atoms with Crippen LogP contribution in [-0.4, -0.2) is 26.3 Å². The van der Waals surface area contributed by atoms with Crippen LogP contribution in [0, 0.1) is 0 Å². The van der Waals surface area contributed by atoms with E-state index in [4.69, 9.17) is 14.2 Å². The molecule has 0 atom stereocenters. The van der Waals surface area contributed by atoms with Gasteiger partial charge in [-0.3, -0.25) is 0 Å². The van der Waals surface area contributed by atoms with Gasteiger partial charge in [0.05, 0.1) is 21.3 Å². The topological polar surface area (TPSA) is 40.6 Å². The quantitative estimate of drug-likeness (QED) is 0.665. The van der Waals surface area contributed by atoms with Crippen LogP contribution in [0.1, 0.15) is 11.1 Å². The fraction of sp³-hybridized carbons (Fsp3) is 0.211. The summed E-state index contributed by atoms with van der Waals surface area (Å²) in [5, 5.41) is 3.02. The molecule has 0 aliphatic carbocycles. The largest absolute Gasteiger partial charge is 0.493 e. The molecule has 0 bridgehead atoms. The lowest BCUT2D eigenvalue weighted by atomic mass is 10.0. The molecule has 0 saturated carbocycles. The standard InChI is InChI=1S/C19H19NO3S/c1-21-16-11-14(12-17(22-2)18(16)23-3)10-13-4-6-15(7-5-13)19-20-8-9-24-19/h4-9,11-12H,10H2,1-3H3. The number of aromatic nitrogens is 1. The van der Waals surface area contributed by atoms with Crippen molar-refractivity contribution in [1.82, 2.24) is 4.98 Å². The molecule has 4 nitrogen and oxygen atoms in total. The Morgan fingerprint density at radius 3 is 2.04 bits per heavy atom. The molecule has 3 aromatic rings. The van der Waals surface area contributed by atoms with Gasteiger partial charge in [0.2, 0.25) is 5.75 Å². The Morgan fingerprint density at radius 1 is 0.875 bits per heavy atom. The summed E-state index contributed by atoms with van der Waals surface area (Å²) in [6.07, 6.45) is 2.61. The lowest BCUT2D eigenvalue weighted by molar-refractivity contribution is 0.324. The molecular weight excluding hydrogens is 322 g/mol. The fourth-order valence-corrected chi connectivity index (χ4v) is 3.25. The van der Waals surface area contributed by atoms with E-state index < -0.39 is 0 Å². The van der Waals surface area contributed by atoms with Gasteiger partial charge in [0, 0.05) is 17.1 Å².